The number of carbonyl (C=O) groups excluding carboxylic acids is 2. The SMILES string of the molecule is CCOC(=O)c1c(-c2ccc(F)cc2)csc1NC(=O)c1c(C)nc2cc(C)ccn12. The number of fused-ring (bicyclic) bond motifs is 1. The van der Waals surface area contributed by atoms with Gasteiger partial charge in [0.1, 0.15) is 27.7 Å². The van der Waals surface area contributed by atoms with Crippen molar-refractivity contribution < 1.29 is 18.7 Å². The highest BCUT2D eigenvalue weighted by Gasteiger charge is 2.25. The van der Waals surface area contributed by atoms with Gasteiger partial charge in [0.05, 0.1) is 12.3 Å². The standard InChI is InChI=1S/C23H20FN3O3S/c1-4-30-23(29)19-17(15-5-7-16(24)8-6-15)12-31-22(19)26-21(28)20-14(3)25-18-11-13(2)9-10-27(18)20/h5-12H,4H2,1-3H3,(H,26,28). The zero-order valence-corrected chi connectivity index (χ0v) is 18.0. The second kappa shape index (κ2) is 8.31. The van der Waals surface area contributed by atoms with E-state index in [-0.39, 0.29) is 23.9 Å². The van der Waals surface area contributed by atoms with Crippen LogP contribution in [0.3, 0.4) is 0 Å². The number of anilines is 1. The zero-order chi connectivity index (χ0) is 22.1. The quantitative estimate of drug-likeness (QED) is 0.433. The fourth-order valence-corrected chi connectivity index (χ4v) is 4.35. The summed E-state index contributed by atoms with van der Waals surface area (Å²) < 4.78 is 20.3. The van der Waals surface area contributed by atoms with Crippen molar-refractivity contribution >= 4 is 33.9 Å². The summed E-state index contributed by atoms with van der Waals surface area (Å²) in [5, 5.41) is 4.96. The number of esters is 1. The summed E-state index contributed by atoms with van der Waals surface area (Å²) in [6.45, 7) is 5.63. The first-order valence-corrected chi connectivity index (χ1v) is 10.6. The number of imidazole rings is 1. The Morgan fingerprint density at radius 2 is 1.94 bits per heavy atom. The lowest BCUT2D eigenvalue weighted by Crippen LogP contribution is -2.17. The number of rotatable bonds is 5. The fraction of sp³-hybridized carbons (Fsp3) is 0.174. The molecule has 0 fully saturated rings. The van der Waals surface area contributed by atoms with Crippen LogP contribution in [-0.2, 0) is 4.74 Å². The topological polar surface area (TPSA) is 72.7 Å². The van der Waals surface area contributed by atoms with Gasteiger partial charge in [-0.2, -0.15) is 0 Å². The highest BCUT2D eigenvalue weighted by molar-refractivity contribution is 7.15. The monoisotopic (exact) mass is 437 g/mol. The number of carbonyl (C=O) groups is 2. The highest BCUT2D eigenvalue weighted by Crippen LogP contribution is 2.36. The van der Waals surface area contributed by atoms with E-state index >= 15 is 0 Å². The molecule has 31 heavy (non-hydrogen) atoms. The number of amides is 1. The Morgan fingerprint density at radius 3 is 2.65 bits per heavy atom. The van der Waals surface area contributed by atoms with Crippen LogP contribution in [-0.4, -0.2) is 27.9 Å². The third-order valence-corrected chi connectivity index (χ3v) is 5.72. The van der Waals surface area contributed by atoms with Crippen LogP contribution in [0.5, 0.6) is 0 Å². The minimum Gasteiger partial charge on any atom is -0.462 e. The van der Waals surface area contributed by atoms with Gasteiger partial charge < -0.3 is 10.1 Å². The van der Waals surface area contributed by atoms with Gasteiger partial charge in [-0.05, 0) is 56.2 Å². The number of nitrogens with one attached hydrogen (secondary N) is 1. The molecule has 0 atom stereocenters. The van der Waals surface area contributed by atoms with Gasteiger partial charge >= 0.3 is 5.97 Å². The van der Waals surface area contributed by atoms with Crippen molar-refractivity contribution in [2.75, 3.05) is 11.9 Å². The Morgan fingerprint density at radius 1 is 1.19 bits per heavy atom. The first-order valence-electron chi connectivity index (χ1n) is 9.70. The minimum absolute atomic E-state index is 0.191. The van der Waals surface area contributed by atoms with Crippen molar-refractivity contribution in [3.63, 3.8) is 0 Å². The number of benzene rings is 1. The first kappa shape index (κ1) is 20.7. The molecule has 0 aliphatic rings. The summed E-state index contributed by atoms with van der Waals surface area (Å²) in [5.41, 5.74) is 4.15. The number of pyridine rings is 1. The lowest BCUT2D eigenvalue weighted by molar-refractivity contribution is 0.0529. The van der Waals surface area contributed by atoms with Crippen molar-refractivity contribution in [3.8, 4) is 11.1 Å². The summed E-state index contributed by atoms with van der Waals surface area (Å²) in [5.74, 6) is -1.31. The van der Waals surface area contributed by atoms with Crippen molar-refractivity contribution in [1.82, 2.24) is 9.38 Å². The van der Waals surface area contributed by atoms with E-state index in [0.29, 0.717) is 33.2 Å². The van der Waals surface area contributed by atoms with Crippen molar-refractivity contribution in [2.45, 2.75) is 20.8 Å². The average Bonchev–Trinajstić information content (AvgIpc) is 3.28. The maximum Gasteiger partial charge on any atom is 0.341 e. The third-order valence-electron chi connectivity index (χ3n) is 4.82. The Balaban J connectivity index is 1.75. The van der Waals surface area contributed by atoms with E-state index in [9.17, 15) is 14.0 Å². The first-order chi connectivity index (χ1) is 14.9. The fourth-order valence-electron chi connectivity index (χ4n) is 3.40. The Kier molecular flexibility index (Phi) is 5.56. The number of hydrogen-bond acceptors (Lipinski definition) is 5. The molecule has 0 saturated carbocycles. The summed E-state index contributed by atoms with van der Waals surface area (Å²) >= 11 is 1.21. The van der Waals surface area contributed by atoms with Gasteiger partial charge in [0.2, 0.25) is 0 Å². The number of nitrogens with zero attached hydrogens (tertiary/aromatic N) is 2. The molecule has 1 amide bonds. The van der Waals surface area contributed by atoms with Crippen molar-refractivity contribution in [1.29, 1.82) is 0 Å². The molecule has 158 valence electrons. The van der Waals surface area contributed by atoms with Crippen LogP contribution in [0.1, 0.15) is 39.0 Å². The van der Waals surface area contributed by atoms with Gasteiger partial charge in [0, 0.05) is 17.1 Å². The van der Waals surface area contributed by atoms with E-state index in [2.05, 4.69) is 10.3 Å². The predicted octanol–water partition coefficient (Wildman–Crippen LogP) is 5.25. The van der Waals surface area contributed by atoms with Crippen LogP contribution in [0.25, 0.3) is 16.8 Å². The van der Waals surface area contributed by atoms with Gasteiger partial charge in [-0.3, -0.25) is 9.20 Å². The predicted molar refractivity (Wildman–Crippen MR) is 118 cm³/mol. The molecule has 3 aromatic heterocycles. The Labute approximate surface area is 182 Å². The van der Waals surface area contributed by atoms with Gasteiger partial charge in [0.25, 0.3) is 5.91 Å². The average molecular weight is 437 g/mol. The van der Waals surface area contributed by atoms with Gasteiger partial charge in [0.15, 0.2) is 0 Å². The summed E-state index contributed by atoms with van der Waals surface area (Å²) in [6, 6.07) is 9.61. The Bertz CT molecular complexity index is 1290. The number of ether oxygens (including phenoxy) is 1. The summed E-state index contributed by atoms with van der Waals surface area (Å²) in [7, 11) is 0. The minimum atomic E-state index is -0.552. The number of thiophene rings is 1. The number of aryl methyl sites for hydroxylation is 2. The van der Waals surface area contributed by atoms with Gasteiger partial charge in [-0.25, -0.2) is 14.2 Å². The van der Waals surface area contributed by atoms with Crippen molar-refractivity contribution in [2.24, 2.45) is 0 Å². The molecule has 3 heterocycles. The molecule has 0 radical (unpaired) electrons. The second-order valence-corrected chi connectivity index (χ2v) is 7.89. The maximum atomic E-state index is 13.4. The van der Waals surface area contributed by atoms with E-state index < -0.39 is 5.97 Å². The van der Waals surface area contributed by atoms with Crippen LogP contribution < -0.4 is 5.32 Å². The normalized spacial score (nSPS) is 11.0. The summed E-state index contributed by atoms with van der Waals surface area (Å²) in [4.78, 5) is 30.3. The molecule has 8 heteroatoms. The number of hydrogen-bond donors (Lipinski definition) is 1. The maximum absolute atomic E-state index is 13.4. The molecule has 0 saturated heterocycles. The van der Waals surface area contributed by atoms with Crippen LogP contribution in [0.4, 0.5) is 9.39 Å². The molecular weight excluding hydrogens is 417 g/mol. The smallest absolute Gasteiger partial charge is 0.341 e. The van der Waals surface area contributed by atoms with Crippen LogP contribution in [0.2, 0.25) is 0 Å². The van der Waals surface area contributed by atoms with Gasteiger partial charge in [-0.15, -0.1) is 11.3 Å². The van der Waals surface area contributed by atoms with E-state index in [1.54, 1.807) is 42.0 Å². The molecule has 0 unspecified atom stereocenters. The van der Waals surface area contributed by atoms with E-state index in [4.69, 9.17) is 4.74 Å². The molecule has 0 aliphatic heterocycles. The van der Waals surface area contributed by atoms with Gasteiger partial charge in [-0.1, -0.05) is 12.1 Å². The molecule has 6 nitrogen and oxygen atoms in total. The molecular formula is C23H20FN3O3S. The van der Waals surface area contributed by atoms with E-state index in [0.717, 1.165) is 5.56 Å². The van der Waals surface area contributed by atoms with Crippen LogP contribution in [0, 0.1) is 19.7 Å². The number of aromatic nitrogens is 2. The number of halogens is 1. The Hall–Kier alpha value is -3.52. The van der Waals surface area contributed by atoms with Crippen LogP contribution in [0.15, 0.2) is 48.0 Å². The molecule has 0 spiro atoms. The molecule has 1 aromatic carbocycles. The second-order valence-electron chi connectivity index (χ2n) is 7.01. The zero-order valence-electron chi connectivity index (χ0n) is 17.2. The molecule has 0 bridgehead atoms. The van der Waals surface area contributed by atoms with Crippen molar-refractivity contribution in [3.05, 3.63) is 76.3 Å². The molecule has 0 aliphatic carbocycles. The lowest BCUT2D eigenvalue weighted by atomic mass is 10.0. The molecule has 4 rings (SSSR count). The van der Waals surface area contributed by atoms with Crippen LogP contribution >= 0.6 is 11.3 Å². The third kappa shape index (κ3) is 3.94. The lowest BCUT2D eigenvalue weighted by Gasteiger charge is -2.09. The van der Waals surface area contributed by atoms with E-state index in [1.165, 1.54) is 23.5 Å². The highest BCUT2D eigenvalue weighted by atomic mass is 32.1. The summed E-state index contributed by atoms with van der Waals surface area (Å²) in [6.07, 6.45) is 1.80. The molecule has 1 N–H and O–H groups in total. The molecule has 4 aromatic rings. The largest absolute Gasteiger partial charge is 0.462 e. The van der Waals surface area contributed by atoms with E-state index in [1.807, 2.05) is 19.1 Å².